The van der Waals surface area contributed by atoms with Crippen LogP contribution in [0.25, 0.3) is 33.1 Å². The van der Waals surface area contributed by atoms with E-state index in [0.717, 1.165) is 32.9 Å². The summed E-state index contributed by atoms with van der Waals surface area (Å²) < 4.78 is 0. The van der Waals surface area contributed by atoms with E-state index in [0.29, 0.717) is 34.5 Å². The van der Waals surface area contributed by atoms with Crippen LogP contribution in [0.15, 0.2) is 42.5 Å². The van der Waals surface area contributed by atoms with Gasteiger partial charge in [-0.15, -0.1) is 0 Å². The normalized spacial score (nSPS) is 11.3. The molecule has 7 heteroatoms. The van der Waals surface area contributed by atoms with Gasteiger partial charge in [-0.05, 0) is 30.7 Å². The number of H-pyrrole nitrogens is 1. The lowest BCUT2D eigenvalue weighted by Gasteiger charge is -2.09. The zero-order valence-corrected chi connectivity index (χ0v) is 16.7. The first-order chi connectivity index (χ1) is 13.5. The molecule has 0 aliphatic rings. The lowest BCUT2D eigenvalue weighted by atomic mass is 10.1. The molecule has 2 aromatic carbocycles. The quantitative estimate of drug-likeness (QED) is 0.454. The zero-order chi connectivity index (χ0) is 19.8. The molecule has 0 aliphatic carbocycles. The Morgan fingerprint density at radius 1 is 1.11 bits per heavy atom. The molecular weight excluding hydrogens is 395 g/mol. The highest BCUT2D eigenvalue weighted by Gasteiger charge is 2.18. The number of aryl methyl sites for hydroxylation is 1. The summed E-state index contributed by atoms with van der Waals surface area (Å²) in [7, 11) is 0. The number of nitrogens with one attached hydrogen (secondary N) is 2. The molecule has 142 valence electrons. The Labute approximate surface area is 171 Å². The number of pyridine rings is 1. The number of hydrogen-bond donors (Lipinski definition) is 3. The van der Waals surface area contributed by atoms with Gasteiger partial charge in [0.2, 0.25) is 0 Å². The van der Waals surface area contributed by atoms with Gasteiger partial charge in [-0.1, -0.05) is 47.5 Å². The molecule has 4 aromatic rings. The molecule has 0 saturated carbocycles. The lowest BCUT2D eigenvalue weighted by molar-refractivity contribution is 0.0950. The number of hydrogen-bond acceptors (Lipinski definition) is 3. The van der Waals surface area contributed by atoms with Crippen molar-refractivity contribution in [2.24, 2.45) is 5.73 Å². The molecule has 4 N–H and O–H groups in total. The van der Waals surface area contributed by atoms with E-state index in [9.17, 15) is 4.79 Å². The predicted molar refractivity (Wildman–Crippen MR) is 115 cm³/mol. The summed E-state index contributed by atoms with van der Waals surface area (Å²) in [6.45, 7) is 2.78. The van der Waals surface area contributed by atoms with Crippen molar-refractivity contribution in [1.82, 2.24) is 15.3 Å². The lowest BCUT2D eigenvalue weighted by Crippen LogP contribution is -2.29. The minimum atomic E-state index is -0.268. The average molecular weight is 413 g/mol. The highest BCUT2D eigenvalue weighted by molar-refractivity contribution is 6.42. The van der Waals surface area contributed by atoms with Crippen LogP contribution in [-0.4, -0.2) is 29.0 Å². The first-order valence-electron chi connectivity index (χ1n) is 8.85. The van der Waals surface area contributed by atoms with Crippen LogP contribution < -0.4 is 11.1 Å². The maximum atomic E-state index is 12.6. The Morgan fingerprint density at radius 2 is 1.93 bits per heavy atom. The maximum absolute atomic E-state index is 12.6. The highest BCUT2D eigenvalue weighted by Crippen LogP contribution is 2.35. The summed E-state index contributed by atoms with van der Waals surface area (Å²) in [5.41, 5.74) is 10.2. The number of fused-ring (bicyclic) bond motifs is 3. The molecule has 0 spiro atoms. The number of rotatable bonds is 4. The fourth-order valence-corrected chi connectivity index (χ4v) is 3.61. The van der Waals surface area contributed by atoms with Gasteiger partial charge in [0.1, 0.15) is 5.69 Å². The predicted octanol–water partition coefficient (Wildman–Crippen LogP) is 4.69. The Bertz CT molecular complexity index is 1220. The first kappa shape index (κ1) is 18.7. The Balaban J connectivity index is 2.02. The Kier molecular flexibility index (Phi) is 4.98. The summed E-state index contributed by atoms with van der Waals surface area (Å²) in [5, 5.41) is 5.63. The minimum absolute atomic E-state index is 0.268. The van der Waals surface area contributed by atoms with Crippen molar-refractivity contribution >= 4 is 50.9 Å². The summed E-state index contributed by atoms with van der Waals surface area (Å²) in [6.07, 6.45) is 0. The van der Waals surface area contributed by atoms with Gasteiger partial charge in [0, 0.05) is 34.9 Å². The summed E-state index contributed by atoms with van der Waals surface area (Å²) in [5.74, 6) is -0.268. The van der Waals surface area contributed by atoms with E-state index < -0.39 is 0 Å². The third-order valence-corrected chi connectivity index (χ3v) is 5.43. The van der Waals surface area contributed by atoms with Crippen LogP contribution in [0.2, 0.25) is 10.0 Å². The van der Waals surface area contributed by atoms with Crippen LogP contribution in [-0.2, 0) is 0 Å². The number of nitrogens with zero attached hydrogens (tertiary/aromatic N) is 1. The number of carbonyl (C=O) groups excluding carboxylic acids is 1. The molecule has 4 rings (SSSR count). The van der Waals surface area contributed by atoms with Gasteiger partial charge >= 0.3 is 0 Å². The molecule has 0 unspecified atom stereocenters. The van der Waals surface area contributed by atoms with Gasteiger partial charge in [0.05, 0.1) is 21.3 Å². The van der Waals surface area contributed by atoms with Crippen LogP contribution in [0, 0.1) is 6.92 Å². The fourth-order valence-electron chi connectivity index (χ4n) is 3.31. The van der Waals surface area contributed by atoms with Crippen LogP contribution in [0.1, 0.15) is 16.1 Å². The Hall–Kier alpha value is -2.60. The van der Waals surface area contributed by atoms with Gasteiger partial charge in [0.15, 0.2) is 0 Å². The van der Waals surface area contributed by atoms with E-state index in [1.54, 1.807) is 18.2 Å². The number of benzene rings is 2. The topological polar surface area (TPSA) is 83.8 Å². The molecule has 2 aromatic heterocycles. The van der Waals surface area contributed by atoms with Gasteiger partial charge in [-0.3, -0.25) is 4.79 Å². The highest BCUT2D eigenvalue weighted by atomic mass is 35.5. The van der Waals surface area contributed by atoms with Gasteiger partial charge in [-0.2, -0.15) is 0 Å². The van der Waals surface area contributed by atoms with Crippen LogP contribution >= 0.6 is 23.2 Å². The number of aromatic nitrogens is 2. The Morgan fingerprint density at radius 3 is 2.68 bits per heavy atom. The van der Waals surface area contributed by atoms with Crippen molar-refractivity contribution in [3.05, 3.63) is 63.8 Å². The smallest absolute Gasteiger partial charge is 0.269 e. The van der Waals surface area contributed by atoms with Gasteiger partial charge < -0.3 is 16.0 Å². The molecule has 0 atom stereocenters. The SMILES string of the molecule is Cc1cccc2c1[nH]c1c(-c3ccc(Cl)c(Cl)c3)nc(C(=O)NCCN)cc12. The summed E-state index contributed by atoms with van der Waals surface area (Å²) in [6, 6.07) is 13.2. The average Bonchev–Trinajstić information content (AvgIpc) is 3.07. The summed E-state index contributed by atoms with van der Waals surface area (Å²) >= 11 is 12.3. The third-order valence-electron chi connectivity index (χ3n) is 4.69. The molecule has 1 amide bonds. The van der Waals surface area contributed by atoms with Crippen molar-refractivity contribution in [2.75, 3.05) is 13.1 Å². The van der Waals surface area contributed by atoms with Crippen molar-refractivity contribution in [2.45, 2.75) is 6.92 Å². The standard InChI is InChI=1S/C21H18Cl2N4O/c1-11-3-2-4-13-14-10-17(21(28)25-8-7-24)26-19(20(14)27-18(11)13)12-5-6-15(22)16(23)9-12/h2-6,9-10,27H,7-8,24H2,1H3,(H,25,28). The second-order valence-corrected chi connectivity index (χ2v) is 7.39. The molecule has 0 fully saturated rings. The van der Waals surface area contributed by atoms with E-state index in [-0.39, 0.29) is 5.91 Å². The molecule has 5 nitrogen and oxygen atoms in total. The number of nitrogens with two attached hydrogens (primary N) is 1. The zero-order valence-electron chi connectivity index (χ0n) is 15.1. The first-order valence-corrected chi connectivity index (χ1v) is 9.61. The van der Waals surface area contributed by atoms with E-state index in [2.05, 4.69) is 15.3 Å². The number of aromatic amines is 1. The monoisotopic (exact) mass is 412 g/mol. The van der Waals surface area contributed by atoms with Crippen LogP contribution in [0.3, 0.4) is 0 Å². The number of halogens is 2. The second-order valence-electron chi connectivity index (χ2n) is 6.57. The third kappa shape index (κ3) is 3.22. The van der Waals surface area contributed by atoms with Crippen LogP contribution in [0.5, 0.6) is 0 Å². The molecule has 0 bridgehead atoms. The second kappa shape index (κ2) is 7.43. The van der Waals surface area contributed by atoms with E-state index in [1.807, 2.05) is 31.2 Å². The maximum Gasteiger partial charge on any atom is 0.269 e. The minimum Gasteiger partial charge on any atom is -0.353 e. The molecule has 2 heterocycles. The van der Waals surface area contributed by atoms with Crippen molar-refractivity contribution in [1.29, 1.82) is 0 Å². The number of amides is 1. The van der Waals surface area contributed by atoms with E-state index in [4.69, 9.17) is 28.9 Å². The van der Waals surface area contributed by atoms with Gasteiger partial charge in [-0.25, -0.2) is 4.98 Å². The van der Waals surface area contributed by atoms with Crippen LogP contribution in [0.4, 0.5) is 0 Å². The van der Waals surface area contributed by atoms with E-state index in [1.165, 1.54) is 0 Å². The fraction of sp³-hybridized carbons (Fsp3) is 0.143. The molecule has 0 aliphatic heterocycles. The van der Waals surface area contributed by atoms with Crippen molar-refractivity contribution < 1.29 is 4.79 Å². The van der Waals surface area contributed by atoms with E-state index >= 15 is 0 Å². The molecule has 28 heavy (non-hydrogen) atoms. The summed E-state index contributed by atoms with van der Waals surface area (Å²) in [4.78, 5) is 20.7. The number of para-hydroxylation sites is 1. The van der Waals surface area contributed by atoms with Crippen molar-refractivity contribution in [3.63, 3.8) is 0 Å². The largest absolute Gasteiger partial charge is 0.353 e. The van der Waals surface area contributed by atoms with Gasteiger partial charge in [0.25, 0.3) is 5.91 Å². The van der Waals surface area contributed by atoms with Crippen molar-refractivity contribution in [3.8, 4) is 11.3 Å². The molecule has 0 saturated heterocycles. The molecule has 0 radical (unpaired) electrons. The molecular formula is C21H18Cl2N4O. The number of carbonyl (C=O) groups is 1.